The van der Waals surface area contributed by atoms with E-state index in [2.05, 4.69) is 15.0 Å². The zero-order chi connectivity index (χ0) is 16.7. The van der Waals surface area contributed by atoms with Crippen molar-refractivity contribution in [1.82, 2.24) is 15.0 Å². The summed E-state index contributed by atoms with van der Waals surface area (Å²) in [5.74, 6) is 1.18. The van der Waals surface area contributed by atoms with Gasteiger partial charge in [0.2, 0.25) is 5.88 Å². The standard InChI is InChI=1S/C17H19N3O3/c1-12(22-3)10-13(6-5-9-21-2)14-11-15-16(17(20-14)23-4)19-8-7-18-15/h5-11H,1-4H3/b9-5+,12-10+,13-6+. The Morgan fingerprint density at radius 2 is 1.91 bits per heavy atom. The zero-order valence-electron chi connectivity index (χ0n) is 13.6. The monoisotopic (exact) mass is 313 g/mol. The van der Waals surface area contributed by atoms with Crippen molar-refractivity contribution in [3.8, 4) is 5.88 Å². The highest BCUT2D eigenvalue weighted by Gasteiger charge is 2.10. The highest BCUT2D eigenvalue weighted by molar-refractivity contribution is 5.84. The van der Waals surface area contributed by atoms with Gasteiger partial charge in [-0.05, 0) is 31.2 Å². The third-order valence-electron chi connectivity index (χ3n) is 3.08. The van der Waals surface area contributed by atoms with E-state index in [1.54, 1.807) is 46.1 Å². The number of ether oxygens (including phenoxy) is 3. The van der Waals surface area contributed by atoms with E-state index < -0.39 is 0 Å². The van der Waals surface area contributed by atoms with Crippen LogP contribution in [0.2, 0.25) is 0 Å². The lowest BCUT2D eigenvalue weighted by Crippen LogP contribution is -1.97. The highest BCUT2D eigenvalue weighted by atomic mass is 16.5. The number of hydrogen-bond donors (Lipinski definition) is 0. The number of pyridine rings is 1. The van der Waals surface area contributed by atoms with Gasteiger partial charge in [-0.3, -0.25) is 4.98 Å². The second-order valence-electron chi connectivity index (χ2n) is 4.59. The Kier molecular flexibility index (Phi) is 5.68. The molecule has 0 aromatic carbocycles. The Morgan fingerprint density at radius 3 is 2.61 bits per heavy atom. The second kappa shape index (κ2) is 7.93. The Balaban J connectivity index is 2.60. The molecule has 2 rings (SSSR count). The molecule has 0 fully saturated rings. The SMILES string of the molecule is CO/C=C/C=C(\C=C(/C)OC)c1cc2nccnc2c(OC)n1. The fourth-order valence-corrected chi connectivity index (χ4v) is 1.94. The number of nitrogens with zero attached hydrogens (tertiary/aromatic N) is 3. The van der Waals surface area contributed by atoms with Crippen LogP contribution in [0, 0.1) is 0 Å². The molecule has 23 heavy (non-hydrogen) atoms. The van der Waals surface area contributed by atoms with Crippen LogP contribution in [0.3, 0.4) is 0 Å². The van der Waals surface area contributed by atoms with Gasteiger partial charge in [0.15, 0.2) is 5.52 Å². The van der Waals surface area contributed by atoms with Crippen molar-refractivity contribution in [2.75, 3.05) is 21.3 Å². The molecular formula is C17H19N3O3. The summed E-state index contributed by atoms with van der Waals surface area (Å²) in [5.41, 5.74) is 2.87. The van der Waals surface area contributed by atoms with Gasteiger partial charge in [0.1, 0.15) is 0 Å². The quantitative estimate of drug-likeness (QED) is 0.603. The maximum absolute atomic E-state index is 5.34. The molecule has 0 saturated carbocycles. The van der Waals surface area contributed by atoms with E-state index in [0.717, 1.165) is 11.3 Å². The lowest BCUT2D eigenvalue weighted by atomic mass is 10.1. The summed E-state index contributed by atoms with van der Waals surface area (Å²) >= 11 is 0. The van der Waals surface area contributed by atoms with E-state index in [1.807, 2.05) is 25.1 Å². The van der Waals surface area contributed by atoms with Crippen LogP contribution in [0.1, 0.15) is 12.6 Å². The van der Waals surface area contributed by atoms with Crippen molar-refractivity contribution in [2.45, 2.75) is 6.92 Å². The van der Waals surface area contributed by atoms with Gasteiger partial charge in [-0.15, -0.1) is 0 Å². The van der Waals surface area contributed by atoms with Crippen molar-refractivity contribution >= 4 is 16.6 Å². The van der Waals surface area contributed by atoms with Crippen LogP contribution in [-0.4, -0.2) is 36.3 Å². The molecular weight excluding hydrogens is 294 g/mol. The molecule has 0 N–H and O–H groups in total. The van der Waals surface area contributed by atoms with Gasteiger partial charge in [0.05, 0.1) is 44.6 Å². The van der Waals surface area contributed by atoms with Crippen LogP contribution in [-0.2, 0) is 9.47 Å². The minimum absolute atomic E-state index is 0.427. The van der Waals surface area contributed by atoms with E-state index >= 15 is 0 Å². The van der Waals surface area contributed by atoms with Gasteiger partial charge >= 0.3 is 0 Å². The molecule has 0 spiro atoms. The topological polar surface area (TPSA) is 66.4 Å². The van der Waals surface area contributed by atoms with Crippen LogP contribution in [0.25, 0.3) is 16.6 Å². The summed E-state index contributed by atoms with van der Waals surface area (Å²) in [5, 5.41) is 0. The third-order valence-corrected chi connectivity index (χ3v) is 3.08. The molecule has 120 valence electrons. The number of rotatable bonds is 6. The van der Waals surface area contributed by atoms with Crippen LogP contribution in [0.4, 0.5) is 0 Å². The van der Waals surface area contributed by atoms with Crippen molar-refractivity contribution in [2.24, 2.45) is 0 Å². The maximum Gasteiger partial charge on any atom is 0.242 e. The summed E-state index contributed by atoms with van der Waals surface area (Å²) in [6.45, 7) is 1.87. The number of aromatic nitrogens is 3. The summed E-state index contributed by atoms with van der Waals surface area (Å²) < 4.78 is 15.5. The Hall–Kier alpha value is -2.89. The molecule has 2 heterocycles. The molecule has 0 unspecified atom stereocenters. The Morgan fingerprint density at radius 1 is 1.13 bits per heavy atom. The Labute approximate surface area is 135 Å². The van der Waals surface area contributed by atoms with Gasteiger partial charge in [-0.25, -0.2) is 9.97 Å². The maximum atomic E-state index is 5.34. The van der Waals surface area contributed by atoms with Crippen molar-refractivity contribution < 1.29 is 14.2 Å². The average molecular weight is 313 g/mol. The van der Waals surface area contributed by atoms with Crippen LogP contribution in [0.15, 0.2) is 48.7 Å². The van der Waals surface area contributed by atoms with E-state index in [-0.39, 0.29) is 0 Å². The van der Waals surface area contributed by atoms with Crippen molar-refractivity contribution in [3.63, 3.8) is 0 Å². The van der Waals surface area contributed by atoms with E-state index in [9.17, 15) is 0 Å². The smallest absolute Gasteiger partial charge is 0.242 e. The molecule has 2 aromatic rings. The van der Waals surface area contributed by atoms with E-state index in [0.29, 0.717) is 22.6 Å². The molecule has 0 aliphatic heterocycles. The number of methoxy groups -OCH3 is 3. The summed E-state index contributed by atoms with van der Waals surface area (Å²) in [4.78, 5) is 13.1. The van der Waals surface area contributed by atoms with Gasteiger partial charge in [-0.2, -0.15) is 0 Å². The van der Waals surface area contributed by atoms with Crippen LogP contribution < -0.4 is 4.74 Å². The molecule has 6 heteroatoms. The molecule has 0 aliphatic rings. The fourth-order valence-electron chi connectivity index (χ4n) is 1.94. The largest absolute Gasteiger partial charge is 0.504 e. The third kappa shape index (κ3) is 4.06. The molecule has 2 aromatic heterocycles. The first-order valence-corrected chi connectivity index (χ1v) is 6.97. The summed E-state index contributed by atoms with van der Waals surface area (Å²) in [6.07, 6.45) is 10.4. The van der Waals surface area contributed by atoms with Gasteiger partial charge in [0.25, 0.3) is 0 Å². The molecule has 0 amide bonds. The molecule has 6 nitrogen and oxygen atoms in total. The first-order chi connectivity index (χ1) is 11.2. The highest BCUT2D eigenvalue weighted by Crippen LogP contribution is 2.25. The number of hydrogen-bond acceptors (Lipinski definition) is 6. The normalized spacial score (nSPS) is 12.7. The average Bonchev–Trinajstić information content (AvgIpc) is 2.59. The van der Waals surface area contributed by atoms with E-state index in [4.69, 9.17) is 14.2 Å². The second-order valence-corrected chi connectivity index (χ2v) is 4.59. The minimum atomic E-state index is 0.427. The summed E-state index contributed by atoms with van der Waals surface area (Å²) in [7, 11) is 4.77. The minimum Gasteiger partial charge on any atom is -0.504 e. The molecule has 0 atom stereocenters. The lowest BCUT2D eigenvalue weighted by Gasteiger charge is -2.08. The van der Waals surface area contributed by atoms with Crippen LogP contribution >= 0.6 is 0 Å². The molecule has 0 radical (unpaired) electrons. The van der Waals surface area contributed by atoms with Crippen molar-refractivity contribution in [1.29, 1.82) is 0 Å². The Bertz CT molecular complexity index is 767. The molecule has 0 aliphatic carbocycles. The lowest BCUT2D eigenvalue weighted by molar-refractivity contribution is 0.294. The fraction of sp³-hybridized carbons (Fsp3) is 0.235. The van der Waals surface area contributed by atoms with E-state index in [1.165, 1.54) is 0 Å². The first kappa shape index (κ1) is 16.5. The number of allylic oxidation sites excluding steroid dienone is 5. The zero-order valence-corrected chi connectivity index (χ0v) is 13.6. The van der Waals surface area contributed by atoms with Gasteiger partial charge < -0.3 is 14.2 Å². The molecule has 0 saturated heterocycles. The van der Waals surface area contributed by atoms with Crippen LogP contribution in [0.5, 0.6) is 5.88 Å². The predicted molar refractivity (Wildman–Crippen MR) is 88.8 cm³/mol. The predicted octanol–water partition coefficient (Wildman–Crippen LogP) is 3.13. The number of fused-ring (bicyclic) bond motifs is 1. The van der Waals surface area contributed by atoms with Gasteiger partial charge in [0, 0.05) is 18.0 Å². The van der Waals surface area contributed by atoms with Crippen molar-refractivity contribution in [3.05, 3.63) is 54.4 Å². The van der Waals surface area contributed by atoms with Gasteiger partial charge in [-0.1, -0.05) is 0 Å². The first-order valence-electron chi connectivity index (χ1n) is 6.97. The summed E-state index contributed by atoms with van der Waals surface area (Å²) in [6, 6.07) is 1.86. The molecule has 0 bridgehead atoms.